The summed E-state index contributed by atoms with van der Waals surface area (Å²) < 4.78 is 1.32. The van der Waals surface area contributed by atoms with E-state index in [0.29, 0.717) is 0 Å². The number of allylic oxidation sites excluding steroid dienone is 1. The number of thiol groups is 1. The first kappa shape index (κ1) is 12.6. The van der Waals surface area contributed by atoms with Crippen molar-refractivity contribution in [2.45, 2.75) is 38.9 Å². The van der Waals surface area contributed by atoms with Crippen LogP contribution in [0.25, 0.3) is 0 Å². The lowest BCUT2D eigenvalue weighted by atomic mass is 10.2. The maximum atomic E-state index is 5.58. The van der Waals surface area contributed by atoms with Crippen molar-refractivity contribution in [1.82, 2.24) is 0 Å². The van der Waals surface area contributed by atoms with Gasteiger partial charge in [-0.25, -0.2) is 0 Å². The van der Waals surface area contributed by atoms with Crippen LogP contribution in [-0.2, 0) is 0 Å². The van der Waals surface area contributed by atoms with Crippen molar-refractivity contribution in [2.24, 2.45) is 0 Å². The molecule has 0 amide bonds. The van der Waals surface area contributed by atoms with E-state index in [1.54, 1.807) is 0 Å². The van der Waals surface area contributed by atoms with Crippen molar-refractivity contribution >= 4 is 32.3 Å². The first-order valence-electron chi connectivity index (χ1n) is 4.44. The summed E-state index contributed by atoms with van der Waals surface area (Å²) in [5.41, 5.74) is 0. The van der Waals surface area contributed by atoms with Gasteiger partial charge in [0.05, 0.1) is 8.07 Å². The van der Waals surface area contributed by atoms with Crippen LogP contribution in [0.5, 0.6) is 0 Å². The molecule has 0 fully saturated rings. The van der Waals surface area contributed by atoms with Gasteiger partial charge in [0.2, 0.25) is 0 Å². The zero-order chi connectivity index (χ0) is 9.61. The minimum Gasteiger partial charge on any atom is -0.153 e. The second-order valence-corrected chi connectivity index (χ2v) is 10.3. The van der Waals surface area contributed by atoms with E-state index in [2.05, 4.69) is 38.3 Å². The Kier molecular flexibility index (Phi) is 6.42. The molecule has 0 heterocycles. The monoisotopic (exact) mass is 222 g/mol. The Morgan fingerprint density at radius 1 is 1.33 bits per heavy atom. The molecule has 3 heteroatoms. The fraction of sp³-hybridized carbons (Fsp3) is 0.778. The molecule has 0 aliphatic rings. The third-order valence-corrected chi connectivity index (χ3v) is 5.90. The summed E-state index contributed by atoms with van der Waals surface area (Å²) in [4.78, 5) is 0. The maximum Gasteiger partial charge on any atom is 0.0849 e. The fourth-order valence-corrected chi connectivity index (χ4v) is 1.86. The van der Waals surface area contributed by atoms with Gasteiger partial charge in [-0.3, -0.25) is 0 Å². The van der Waals surface area contributed by atoms with Gasteiger partial charge in [0.1, 0.15) is 0 Å². The Morgan fingerprint density at radius 3 is 2.33 bits per heavy atom. The van der Waals surface area contributed by atoms with E-state index in [4.69, 9.17) is 11.6 Å². The number of hydrogen-bond acceptors (Lipinski definition) is 1. The molecule has 0 N–H and O–H groups in total. The summed E-state index contributed by atoms with van der Waals surface area (Å²) >= 11 is 10.1. The molecular formula is C9H19ClSSi. The molecule has 12 heavy (non-hydrogen) atoms. The van der Waals surface area contributed by atoms with Crippen molar-refractivity contribution in [2.75, 3.05) is 5.88 Å². The van der Waals surface area contributed by atoms with Crippen LogP contribution >= 0.6 is 24.2 Å². The van der Waals surface area contributed by atoms with E-state index < -0.39 is 8.07 Å². The molecule has 0 bridgehead atoms. The van der Waals surface area contributed by atoms with Crippen LogP contribution in [0.3, 0.4) is 0 Å². The van der Waals surface area contributed by atoms with Gasteiger partial charge in [-0.05, 0) is 23.8 Å². The quantitative estimate of drug-likeness (QED) is 0.308. The van der Waals surface area contributed by atoms with E-state index in [-0.39, 0.29) is 0 Å². The first-order chi connectivity index (χ1) is 5.48. The molecular weight excluding hydrogens is 204 g/mol. The summed E-state index contributed by atoms with van der Waals surface area (Å²) in [6.45, 7) is 6.94. The van der Waals surface area contributed by atoms with Crippen molar-refractivity contribution in [3.05, 3.63) is 10.6 Å². The third-order valence-electron chi connectivity index (χ3n) is 1.69. The Bertz CT molecular complexity index is 149. The van der Waals surface area contributed by atoms with E-state index >= 15 is 0 Å². The average Bonchev–Trinajstić information content (AvgIpc) is 1.96. The van der Waals surface area contributed by atoms with Crippen LogP contribution in [-0.4, -0.2) is 14.0 Å². The molecule has 0 unspecified atom stereocenters. The highest BCUT2D eigenvalue weighted by Gasteiger charge is 2.15. The van der Waals surface area contributed by atoms with Crippen molar-refractivity contribution in [1.29, 1.82) is 0 Å². The molecule has 0 aromatic carbocycles. The lowest BCUT2D eigenvalue weighted by Gasteiger charge is -2.15. The SMILES string of the molecule is C[Si](C)(C)/C(S)=C/CCCCCl. The fourth-order valence-electron chi connectivity index (χ4n) is 0.784. The third kappa shape index (κ3) is 6.15. The summed E-state index contributed by atoms with van der Waals surface area (Å²) in [6, 6.07) is 0. The van der Waals surface area contributed by atoms with Crippen molar-refractivity contribution in [3.8, 4) is 0 Å². The lowest BCUT2D eigenvalue weighted by molar-refractivity contribution is 0.820. The highest BCUT2D eigenvalue weighted by Crippen LogP contribution is 2.18. The van der Waals surface area contributed by atoms with E-state index in [1.165, 1.54) is 10.9 Å². The Hall–Kier alpha value is 0.597. The molecule has 0 spiro atoms. The van der Waals surface area contributed by atoms with Crippen LogP contribution in [0.2, 0.25) is 19.6 Å². The molecule has 0 radical (unpaired) electrons. The summed E-state index contributed by atoms with van der Waals surface area (Å²) in [5, 5.41) is 0. The molecule has 0 rings (SSSR count). The topological polar surface area (TPSA) is 0 Å². The van der Waals surface area contributed by atoms with Gasteiger partial charge in [0.15, 0.2) is 0 Å². The zero-order valence-electron chi connectivity index (χ0n) is 8.23. The van der Waals surface area contributed by atoms with Gasteiger partial charge in [-0.1, -0.05) is 25.7 Å². The minimum atomic E-state index is -1.13. The molecule has 0 saturated carbocycles. The largest absolute Gasteiger partial charge is 0.153 e. The van der Waals surface area contributed by atoms with E-state index in [0.717, 1.165) is 18.7 Å². The van der Waals surface area contributed by atoms with Crippen molar-refractivity contribution < 1.29 is 0 Å². The van der Waals surface area contributed by atoms with Gasteiger partial charge in [0, 0.05) is 5.88 Å². The molecule has 0 aliphatic heterocycles. The summed E-state index contributed by atoms with van der Waals surface area (Å²) in [5.74, 6) is 0.780. The highest BCUT2D eigenvalue weighted by atomic mass is 35.5. The lowest BCUT2D eigenvalue weighted by Crippen LogP contribution is -2.20. The van der Waals surface area contributed by atoms with Crippen LogP contribution in [0.1, 0.15) is 19.3 Å². The highest BCUT2D eigenvalue weighted by molar-refractivity contribution is 7.87. The summed E-state index contributed by atoms with van der Waals surface area (Å²) in [6.07, 6.45) is 5.71. The number of halogens is 1. The van der Waals surface area contributed by atoms with E-state index in [9.17, 15) is 0 Å². The molecule has 0 saturated heterocycles. The normalized spacial score (nSPS) is 13.6. The Morgan fingerprint density at radius 2 is 1.92 bits per heavy atom. The predicted molar refractivity (Wildman–Crippen MR) is 65.0 cm³/mol. The molecule has 0 aromatic rings. The van der Waals surface area contributed by atoms with Crippen LogP contribution in [0.15, 0.2) is 10.6 Å². The Balaban J connectivity index is 3.70. The standard InChI is InChI=1S/C9H19ClSSi/c1-12(2,3)9(11)7-5-4-6-8-10/h7,11H,4-6,8H2,1-3H3/b9-7+. The van der Waals surface area contributed by atoms with Gasteiger partial charge in [0.25, 0.3) is 0 Å². The molecule has 0 nitrogen and oxygen atoms in total. The molecule has 72 valence electrons. The zero-order valence-corrected chi connectivity index (χ0v) is 10.9. The number of hydrogen-bond donors (Lipinski definition) is 1. The number of rotatable bonds is 5. The predicted octanol–water partition coefficient (Wildman–Crippen LogP) is 4.09. The maximum absolute atomic E-state index is 5.58. The van der Waals surface area contributed by atoms with Gasteiger partial charge in [-0.15, -0.1) is 11.6 Å². The number of alkyl halides is 1. The van der Waals surface area contributed by atoms with Gasteiger partial charge < -0.3 is 0 Å². The van der Waals surface area contributed by atoms with Crippen LogP contribution in [0, 0.1) is 0 Å². The Labute approximate surface area is 87.8 Å². The van der Waals surface area contributed by atoms with E-state index in [1.807, 2.05) is 0 Å². The summed E-state index contributed by atoms with van der Waals surface area (Å²) in [7, 11) is -1.13. The molecule has 0 aromatic heterocycles. The van der Waals surface area contributed by atoms with Gasteiger partial charge >= 0.3 is 0 Å². The first-order valence-corrected chi connectivity index (χ1v) is 8.92. The molecule has 0 atom stereocenters. The van der Waals surface area contributed by atoms with Gasteiger partial charge in [-0.2, -0.15) is 12.6 Å². The second-order valence-electron chi connectivity index (χ2n) is 4.02. The smallest absolute Gasteiger partial charge is 0.0849 e. The van der Waals surface area contributed by atoms with Crippen LogP contribution < -0.4 is 0 Å². The average molecular weight is 223 g/mol. The minimum absolute atomic E-state index is 0.780. The van der Waals surface area contributed by atoms with Crippen LogP contribution in [0.4, 0.5) is 0 Å². The molecule has 0 aliphatic carbocycles. The second kappa shape index (κ2) is 6.11. The van der Waals surface area contributed by atoms with Crippen molar-refractivity contribution in [3.63, 3.8) is 0 Å². The number of unbranched alkanes of at least 4 members (excludes halogenated alkanes) is 2.